The molecule has 1 aliphatic carbocycles. The first-order chi connectivity index (χ1) is 14.3. The third-order valence-electron chi connectivity index (χ3n) is 5.39. The molecule has 1 aromatic carbocycles. The molecule has 0 atom stereocenters. The number of aromatic nitrogens is 2. The van der Waals surface area contributed by atoms with Crippen LogP contribution >= 0.6 is 0 Å². The van der Waals surface area contributed by atoms with Gasteiger partial charge in [-0.25, -0.2) is 4.98 Å². The molecule has 3 rings (SSSR count). The first-order valence-corrected chi connectivity index (χ1v) is 10.1. The lowest BCUT2D eigenvalue weighted by atomic mass is 9.85. The molecular formula is C21H28N6O3. The number of amides is 1. The van der Waals surface area contributed by atoms with Crippen molar-refractivity contribution in [3.8, 4) is 0 Å². The summed E-state index contributed by atoms with van der Waals surface area (Å²) in [5, 5.41) is 17.2. The summed E-state index contributed by atoms with van der Waals surface area (Å²) in [6.07, 6.45) is 5.11. The van der Waals surface area contributed by atoms with Crippen LogP contribution in [0.3, 0.4) is 0 Å². The van der Waals surface area contributed by atoms with Gasteiger partial charge in [0.2, 0.25) is 11.9 Å². The van der Waals surface area contributed by atoms with Crippen LogP contribution in [-0.2, 0) is 11.3 Å². The minimum Gasteiger partial charge on any atom is -0.362 e. The zero-order valence-corrected chi connectivity index (χ0v) is 17.6. The molecule has 30 heavy (non-hydrogen) atoms. The zero-order valence-electron chi connectivity index (χ0n) is 17.6. The van der Waals surface area contributed by atoms with Crippen molar-refractivity contribution >= 4 is 23.4 Å². The molecule has 1 fully saturated rings. The van der Waals surface area contributed by atoms with E-state index in [2.05, 4.69) is 20.6 Å². The summed E-state index contributed by atoms with van der Waals surface area (Å²) in [7, 11) is 3.91. The lowest BCUT2D eigenvalue weighted by Crippen LogP contribution is -2.35. The molecule has 1 aromatic heterocycles. The van der Waals surface area contributed by atoms with E-state index < -0.39 is 4.92 Å². The van der Waals surface area contributed by atoms with Crippen molar-refractivity contribution in [2.24, 2.45) is 5.92 Å². The third-order valence-corrected chi connectivity index (χ3v) is 5.39. The Balaban J connectivity index is 1.48. The summed E-state index contributed by atoms with van der Waals surface area (Å²) in [5.41, 5.74) is 1.78. The molecule has 0 saturated heterocycles. The van der Waals surface area contributed by atoms with Gasteiger partial charge >= 0.3 is 0 Å². The van der Waals surface area contributed by atoms with Crippen LogP contribution in [0.25, 0.3) is 0 Å². The van der Waals surface area contributed by atoms with Crippen molar-refractivity contribution in [2.45, 2.75) is 45.2 Å². The highest BCUT2D eigenvalue weighted by Gasteiger charge is 2.26. The van der Waals surface area contributed by atoms with Gasteiger partial charge in [0, 0.05) is 56.5 Å². The number of nitro benzene ring substituents is 1. The molecule has 1 saturated carbocycles. The Morgan fingerprint density at radius 1 is 1.27 bits per heavy atom. The summed E-state index contributed by atoms with van der Waals surface area (Å²) >= 11 is 0. The van der Waals surface area contributed by atoms with Gasteiger partial charge in [-0.15, -0.1) is 0 Å². The fourth-order valence-corrected chi connectivity index (χ4v) is 3.75. The first kappa shape index (κ1) is 21.5. The number of anilines is 2. The van der Waals surface area contributed by atoms with Gasteiger partial charge in [0.1, 0.15) is 5.82 Å². The van der Waals surface area contributed by atoms with Crippen molar-refractivity contribution in [1.82, 2.24) is 15.3 Å². The van der Waals surface area contributed by atoms with Crippen molar-refractivity contribution in [2.75, 3.05) is 24.3 Å². The van der Waals surface area contributed by atoms with Gasteiger partial charge in [-0.2, -0.15) is 4.98 Å². The lowest BCUT2D eigenvalue weighted by Gasteiger charge is -2.28. The number of benzene rings is 1. The SMILES string of the molecule is Cc1cnc(NC2CCC(C(=O)NCc3cccc([N+](=O)[O-])c3)CC2)nc1N(C)C. The lowest BCUT2D eigenvalue weighted by molar-refractivity contribution is -0.384. The normalized spacial score (nSPS) is 18.5. The summed E-state index contributed by atoms with van der Waals surface area (Å²) in [4.78, 5) is 33.9. The highest BCUT2D eigenvalue weighted by Crippen LogP contribution is 2.27. The van der Waals surface area contributed by atoms with Crippen molar-refractivity contribution in [3.05, 3.63) is 51.7 Å². The molecule has 9 nitrogen and oxygen atoms in total. The fourth-order valence-electron chi connectivity index (χ4n) is 3.75. The van der Waals surface area contributed by atoms with Crippen LogP contribution in [0.15, 0.2) is 30.5 Å². The molecule has 160 valence electrons. The number of carbonyl (C=O) groups excluding carboxylic acids is 1. The number of nitrogens with one attached hydrogen (secondary N) is 2. The topological polar surface area (TPSA) is 113 Å². The molecule has 0 unspecified atom stereocenters. The van der Waals surface area contributed by atoms with Crippen LogP contribution in [0.1, 0.15) is 36.8 Å². The Labute approximate surface area is 176 Å². The Hall–Kier alpha value is -3.23. The molecule has 0 aliphatic heterocycles. The Morgan fingerprint density at radius 3 is 2.67 bits per heavy atom. The maximum atomic E-state index is 12.5. The van der Waals surface area contributed by atoms with Gasteiger partial charge in [-0.05, 0) is 38.2 Å². The molecule has 2 aromatic rings. The predicted molar refractivity (Wildman–Crippen MR) is 115 cm³/mol. The zero-order chi connectivity index (χ0) is 21.7. The minimum atomic E-state index is -0.432. The molecular weight excluding hydrogens is 384 g/mol. The van der Waals surface area contributed by atoms with Crippen molar-refractivity contribution < 1.29 is 9.72 Å². The van der Waals surface area contributed by atoms with Crippen LogP contribution in [0, 0.1) is 23.0 Å². The number of hydrogen-bond acceptors (Lipinski definition) is 7. The molecule has 9 heteroatoms. The van der Waals surface area contributed by atoms with Gasteiger partial charge in [-0.3, -0.25) is 14.9 Å². The second kappa shape index (κ2) is 9.51. The number of hydrogen-bond donors (Lipinski definition) is 2. The van der Waals surface area contributed by atoms with E-state index in [1.807, 2.05) is 32.1 Å². The standard InChI is InChI=1S/C21H28N6O3/c1-14-12-23-21(25-19(14)26(2)3)24-17-9-7-16(8-10-17)20(28)22-13-15-5-4-6-18(11-15)27(29)30/h4-6,11-12,16-17H,7-10,13H2,1-3H3,(H,22,28)(H,23,24,25). The van der Waals surface area contributed by atoms with Gasteiger partial charge in [0.05, 0.1) is 4.92 Å². The van der Waals surface area contributed by atoms with E-state index in [4.69, 9.17) is 0 Å². The van der Waals surface area contributed by atoms with Crippen LogP contribution in [-0.4, -0.2) is 40.9 Å². The monoisotopic (exact) mass is 412 g/mol. The maximum Gasteiger partial charge on any atom is 0.269 e. The quantitative estimate of drug-likeness (QED) is 0.531. The van der Waals surface area contributed by atoms with Gasteiger partial charge in [-0.1, -0.05) is 12.1 Å². The highest BCUT2D eigenvalue weighted by atomic mass is 16.6. The van der Waals surface area contributed by atoms with Crippen LogP contribution in [0.2, 0.25) is 0 Å². The second-order valence-electron chi connectivity index (χ2n) is 7.93. The summed E-state index contributed by atoms with van der Waals surface area (Å²) in [6.45, 7) is 2.28. The largest absolute Gasteiger partial charge is 0.362 e. The average Bonchev–Trinajstić information content (AvgIpc) is 2.74. The van der Waals surface area contributed by atoms with E-state index in [9.17, 15) is 14.9 Å². The van der Waals surface area contributed by atoms with Gasteiger partial charge in [0.15, 0.2) is 0 Å². The Kier molecular flexibility index (Phi) is 6.81. The fraction of sp³-hybridized carbons (Fsp3) is 0.476. The molecule has 1 heterocycles. The molecule has 0 bridgehead atoms. The van der Waals surface area contributed by atoms with E-state index in [1.54, 1.807) is 12.1 Å². The first-order valence-electron chi connectivity index (χ1n) is 10.1. The predicted octanol–water partition coefficient (Wildman–Crippen LogP) is 3.05. The van der Waals surface area contributed by atoms with Crippen LogP contribution in [0.5, 0.6) is 0 Å². The van der Waals surface area contributed by atoms with Gasteiger partial charge < -0.3 is 15.5 Å². The molecule has 1 aliphatic rings. The smallest absolute Gasteiger partial charge is 0.269 e. The molecule has 2 N–H and O–H groups in total. The van der Waals surface area contributed by atoms with E-state index in [-0.39, 0.29) is 23.6 Å². The second-order valence-corrected chi connectivity index (χ2v) is 7.93. The van der Waals surface area contributed by atoms with Crippen LogP contribution in [0.4, 0.5) is 17.5 Å². The van der Waals surface area contributed by atoms with E-state index in [0.29, 0.717) is 12.5 Å². The summed E-state index contributed by atoms with van der Waals surface area (Å²) < 4.78 is 0. The Bertz CT molecular complexity index is 909. The molecule has 0 radical (unpaired) electrons. The minimum absolute atomic E-state index is 0.00133. The Morgan fingerprint density at radius 2 is 2.00 bits per heavy atom. The number of carbonyl (C=O) groups is 1. The van der Waals surface area contributed by atoms with Crippen LogP contribution < -0.4 is 15.5 Å². The van der Waals surface area contributed by atoms with Crippen molar-refractivity contribution in [1.29, 1.82) is 0 Å². The number of rotatable bonds is 7. The van der Waals surface area contributed by atoms with E-state index in [1.165, 1.54) is 12.1 Å². The van der Waals surface area contributed by atoms with E-state index >= 15 is 0 Å². The average molecular weight is 412 g/mol. The highest BCUT2D eigenvalue weighted by molar-refractivity contribution is 5.78. The summed E-state index contributed by atoms with van der Waals surface area (Å²) in [6, 6.07) is 6.58. The number of nitrogens with zero attached hydrogens (tertiary/aromatic N) is 4. The number of non-ortho nitro benzene ring substituents is 1. The number of aryl methyl sites for hydroxylation is 1. The van der Waals surface area contributed by atoms with Crippen molar-refractivity contribution in [3.63, 3.8) is 0 Å². The molecule has 1 amide bonds. The maximum absolute atomic E-state index is 12.5. The van der Waals surface area contributed by atoms with Gasteiger partial charge in [0.25, 0.3) is 5.69 Å². The molecule has 0 spiro atoms. The number of nitro groups is 1. The summed E-state index contributed by atoms with van der Waals surface area (Å²) in [5.74, 6) is 1.46. The van der Waals surface area contributed by atoms with E-state index in [0.717, 1.165) is 42.6 Å². The third kappa shape index (κ3) is 5.43.